The minimum atomic E-state index is -0.367. The number of hydrogen-bond donors (Lipinski definition) is 1. The predicted octanol–water partition coefficient (Wildman–Crippen LogP) is 2.03. The van der Waals surface area contributed by atoms with Crippen molar-refractivity contribution in [3.05, 3.63) is 36.2 Å². The van der Waals surface area contributed by atoms with Crippen LogP contribution >= 0.6 is 0 Å². The van der Waals surface area contributed by atoms with Crippen molar-refractivity contribution in [1.82, 2.24) is 20.2 Å². The summed E-state index contributed by atoms with van der Waals surface area (Å²) in [6, 6.07) is 10.2. The van der Waals surface area contributed by atoms with Crippen LogP contribution in [0.3, 0.4) is 0 Å². The largest absolute Gasteiger partial charge is 0.391 e. The van der Waals surface area contributed by atoms with Crippen molar-refractivity contribution in [2.24, 2.45) is 0 Å². The second kappa shape index (κ2) is 7.17. The molecule has 0 fully saturated rings. The van der Waals surface area contributed by atoms with Crippen LogP contribution in [0.1, 0.15) is 39.1 Å². The van der Waals surface area contributed by atoms with Crippen LogP contribution in [0, 0.1) is 0 Å². The third-order valence-electron chi connectivity index (χ3n) is 3.41. The quantitative estimate of drug-likeness (QED) is 0.844. The van der Waals surface area contributed by atoms with Crippen LogP contribution in [0.5, 0.6) is 0 Å². The second-order valence-corrected chi connectivity index (χ2v) is 5.41. The molecule has 6 nitrogen and oxygen atoms in total. The van der Waals surface area contributed by atoms with Crippen LogP contribution < -0.4 is 4.90 Å². The first-order valence-electron chi connectivity index (χ1n) is 7.36. The van der Waals surface area contributed by atoms with Crippen molar-refractivity contribution in [3.63, 3.8) is 0 Å². The molecular formula is C15H23N5O. The topological polar surface area (TPSA) is 67.1 Å². The van der Waals surface area contributed by atoms with Crippen LogP contribution in [0.25, 0.3) is 0 Å². The van der Waals surface area contributed by atoms with Gasteiger partial charge in [-0.25, -0.2) is 4.68 Å². The fraction of sp³-hybridized carbons (Fsp3) is 0.533. The minimum absolute atomic E-state index is 0.212. The third kappa shape index (κ3) is 4.01. The Morgan fingerprint density at radius 2 is 1.95 bits per heavy atom. The van der Waals surface area contributed by atoms with Gasteiger partial charge in [0.05, 0.1) is 18.7 Å². The van der Waals surface area contributed by atoms with Crippen LogP contribution in [0.15, 0.2) is 30.3 Å². The molecule has 2 rings (SSSR count). The highest BCUT2D eigenvalue weighted by atomic mass is 16.3. The van der Waals surface area contributed by atoms with E-state index in [4.69, 9.17) is 0 Å². The summed E-state index contributed by atoms with van der Waals surface area (Å²) in [5.74, 6) is 0.803. The van der Waals surface area contributed by atoms with Crippen LogP contribution in [0.4, 0.5) is 5.69 Å². The zero-order valence-corrected chi connectivity index (χ0v) is 12.8. The molecule has 0 bridgehead atoms. The highest BCUT2D eigenvalue weighted by molar-refractivity contribution is 5.46. The molecule has 1 atom stereocenters. The molecule has 0 aliphatic carbocycles. The molecule has 0 saturated heterocycles. The van der Waals surface area contributed by atoms with Gasteiger partial charge in [0, 0.05) is 12.2 Å². The summed E-state index contributed by atoms with van der Waals surface area (Å²) >= 11 is 0. The number of aromatic nitrogens is 4. The molecule has 1 aromatic carbocycles. The molecule has 1 N–H and O–H groups in total. The lowest BCUT2D eigenvalue weighted by Crippen LogP contribution is -2.33. The van der Waals surface area contributed by atoms with Gasteiger partial charge in [-0.1, -0.05) is 25.1 Å². The standard InChI is InChI=1S/C15H23N5O/c1-4-14(21)10-19(13-8-6-5-7-9-13)11-15-16-17-18-20(15)12(2)3/h5-9,12,14,21H,4,10-11H2,1-3H3. The lowest BCUT2D eigenvalue weighted by molar-refractivity contribution is 0.175. The summed E-state index contributed by atoms with van der Waals surface area (Å²) in [6.07, 6.45) is 0.354. The number of aliphatic hydroxyl groups is 1. The predicted molar refractivity (Wildman–Crippen MR) is 82.0 cm³/mol. The van der Waals surface area contributed by atoms with Gasteiger partial charge in [0.1, 0.15) is 0 Å². The van der Waals surface area contributed by atoms with Crippen molar-refractivity contribution in [2.45, 2.75) is 45.9 Å². The molecule has 6 heteroatoms. The minimum Gasteiger partial charge on any atom is -0.391 e. The Morgan fingerprint density at radius 3 is 2.57 bits per heavy atom. The molecule has 0 saturated carbocycles. The Bertz CT molecular complexity index is 540. The van der Waals surface area contributed by atoms with Crippen molar-refractivity contribution in [2.75, 3.05) is 11.4 Å². The van der Waals surface area contributed by atoms with Crippen molar-refractivity contribution in [1.29, 1.82) is 0 Å². The summed E-state index contributed by atoms with van der Waals surface area (Å²) in [7, 11) is 0. The van der Waals surface area contributed by atoms with E-state index in [-0.39, 0.29) is 12.1 Å². The third-order valence-corrected chi connectivity index (χ3v) is 3.41. The number of rotatable bonds is 7. The van der Waals surface area contributed by atoms with E-state index < -0.39 is 0 Å². The van der Waals surface area contributed by atoms with Gasteiger partial charge < -0.3 is 10.0 Å². The van der Waals surface area contributed by atoms with E-state index in [0.717, 1.165) is 17.9 Å². The Hall–Kier alpha value is -1.95. The first-order chi connectivity index (χ1) is 10.1. The molecule has 1 unspecified atom stereocenters. The van der Waals surface area contributed by atoms with E-state index in [2.05, 4.69) is 20.4 Å². The van der Waals surface area contributed by atoms with Crippen molar-refractivity contribution in [3.8, 4) is 0 Å². The zero-order valence-electron chi connectivity index (χ0n) is 12.8. The van der Waals surface area contributed by atoms with Gasteiger partial charge in [-0.2, -0.15) is 0 Å². The van der Waals surface area contributed by atoms with E-state index in [1.54, 1.807) is 0 Å². The molecular weight excluding hydrogens is 266 g/mol. The van der Waals surface area contributed by atoms with E-state index in [1.165, 1.54) is 0 Å². The summed E-state index contributed by atoms with van der Waals surface area (Å²) in [5.41, 5.74) is 1.06. The number of benzene rings is 1. The molecule has 1 aromatic heterocycles. The van der Waals surface area contributed by atoms with Crippen LogP contribution in [-0.2, 0) is 6.54 Å². The van der Waals surface area contributed by atoms with Gasteiger partial charge in [-0.3, -0.25) is 0 Å². The Balaban J connectivity index is 2.21. The average molecular weight is 289 g/mol. The van der Waals surface area contributed by atoms with Gasteiger partial charge in [-0.15, -0.1) is 5.10 Å². The number of anilines is 1. The molecule has 1 heterocycles. The maximum Gasteiger partial charge on any atom is 0.170 e. The van der Waals surface area contributed by atoms with E-state index in [9.17, 15) is 5.11 Å². The van der Waals surface area contributed by atoms with Crippen molar-refractivity contribution < 1.29 is 5.11 Å². The number of nitrogens with zero attached hydrogens (tertiary/aromatic N) is 5. The SMILES string of the molecule is CCC(O)CN(Cc1nnnn1C(C)C)c1ccccc1. The van der Waals surface area contributed by atoms with Gasteiger partial charge >= 0.3 is 0 Å². The summed E-state index contributed by atoms with van der Waals surface area (Å²) in [4.78, 5) is 2.11. The highest BCUT2D eigenvalue weighted by Crippen LogP contribution is 2.17. The first kappa shape index (κ1) is 15.4. The normalized spacial score (nSPS) is 12.6. The number of para-hydroxylation sites is 1. The Labute approximate surface area is 125 Å². The second-order valence-electron chi connectivity index (χ2n) is 5.41. The molecule has 21 heavy (non-hydrogen) atoms. The average Bonchev–Trinajstić information content (AvgIpc) is 2.95. The van der Waals surface area contributed by atoms with Crippen LogP contribution in [-0.4, -0.2) is 38.0 Å². The molecule has 114 valence electrons. The monoisotopic (exact) mass is 289 g/mol. The van der Waals surface area contributed by atoms with E-state index in [1.807, 2.05) is 55.8 Å². The van der Waals surface area contributed by atoms with Gasteiger partial charge in [-0.05, 0) is 42.8 Å². The molecule has 0 spiro atoms. The Kier molecular flexibility index (Phi) is 5.27. The van der Waals surface area contributed by atoms with Crippen LogP contribution in [0.2, 0.25) is 0 Å². The number of aliphatic hydroxyl groups excluding tert-OH is 1. The highest BCUT2D eigenvalue weighted by Gasteiger charge is 2.16. The van der Waals surface area contributed by atoms with E-state index >= 15 is 0 Å². The fourth-order valence-corrected chi connectivity index (χ4v) is 2.17. The lowest BCUT2D eigenvalue weighted by atomic mass is 10.2. The first-order valence-corrected chi connectivity index (χ1v) is 7.36. The maximum absolute atomic E-state index is 10.00. The van der Waals surface area contributed by atoms with E-state index in [0.29, 0.717) is 13.1 Å². The Morgan fingerprint density at radius 1 is 1.24 bits per heavy atom. The smallest absolute Gasteiger partial charge is 0.170 e. The number of tetrazole rings is 1. The summed E-state index contributed by atoms with van der Waals surface area (Å²) < 4.78 is 1.81. The van der Waals surface area contributed by atoms with Crippen molar-refractivity contribution >= 4 is 5.69 Å². The summed E-state index contributed by atoms with van der Waals surface area (Å²) in [5, 5.41) is 21.9. The van der Waals surface area contributed by atoms with Gasteiger partial charge in [0.25, 0.3) is 0 Å². The zero-order chi connectivity index (χ0) is 15.2. The van der Waals surface area contributed by atoms with Gasteiger partial charge in [0.15, 0.2) is 5.82 Å². The fourth-order valence-electron chi connectivity index (χ4n) is 2.17. The maximum atomic E-state index is 10.00. The molecule has 2 aromatic rings. The van der Waals surface area contributed by atoms with Gasteiger partial charge in [0.2, 0.25) is 0 Å². The summed E-state index contributed by atoms with van der Waals surface area (Å²) in [6.45, 7) is 7.21. The lowest BCUT2D eigenvalue weighted by Gasteiger charge is -2.26. The molecule has 0 aliphatic heterocycles. The molecule has 0 aliphatic rings. The molecule has 0 radical (unpaired) electrons. The number of hydrogen-bond acceptors (Lipinski definition) is 5. The molecule has 0 amide bonds.